The molecule has 0 saturated carbocycles. The average molecular weight is 604 g/mol. The topological polar surface area (TPSA) is 211 Å². The second kappa shape index (κ2) is 23.1. The summed E-state index contributed by atoms with van der Waals surface area (Å²) in [5.74, 6) is -2.83. The van der Waals surface area contributed by atoms with Crippen molar-refractivity contribution in [3.63, 3.8) is 0 Å². The molecule has 42 heavy (non-hydrogen) atoms. The van der Waals surface area contributed by atoms with Gasteiger partial charge in [0, 0.05) is 51.7 Å². The van der Waals surface area contributed by atoms with Crippen molar-refractivity contribution in [3.05, 3.63) is 12.2 Å². The van der Waals surface area contributed by atoms with Gasteiger partial charge in [-0.05, 0) is 0 Å². The number of ether oxygens (including phenoxy) is 4. The number of carbonyl (C=O) groups excluding carboxylic acids is 6. The van der Waals surface area contributed by atoms with Crippen molar-refractivity contribution in [1.82, 2.24) is 25.8 Å². The predicted octanol–water partition coefficient (Wildman–Crippen LogP) is -2.95. The zero-order chi connectivity index (χ0) is 31.0. The van der Waals surface area contributed by atoms with Gasteiger partial charge in [-0.15, -0.1) is 0 Å². The van der Waals surface area contributed by atoms with Crippen molar-refractivity contribution in [2.24, 2.45) is 0 Å². The van der Waals surface area contributed by atoms with Crippen LogP contribution in [0.25, 0.3) is 0 Å². The van der Waals surface area contributed by atoms with E-state index in [1.807, 2.05) is 0 Å². The number of nitrogens with one attached hydrogen (secondary N) is 3. The summed E-state index contributed by atoms with van der Waals surface area (Å²) in [6.07, 6.45) is 1.97. The third kappa shape index (κ3) is 17.4. The molecule has 1 aliphatic rings. The van der Waals surface area contributed by atoms with Crippen molar-refractivity contribution in [2.75, 3.05) is 99.2 Å². The molecule has 0 atom stereocenters. The van der Waals surface area contributed by atoms with Gasteiger partial charge in [0.05, 0.1) is 59.4 Å². The van der Waals surface area contributed by atoms with Crippen LogP contribution in [0, 0.1) is 0 Å². The number of rotatable bonds is 25. The predicted molar refractivity (Wildman–Crippen MR) is 144 cm³/mol. The van der Waals surface area contributed by atoms with Gasteiger partial charge in [0.15, 0.2) is 0 Å². The lowest BCUT2D eigenvalue weighted by atomic mass is 10.2. The molecule has 0 fully saturated rings. The van der Waals surface area contributed by atoms with E-state index in [2.05, 4.69) is 20.8 Å². The minimum absolute atomic E-state index is 0.0526. The van der Waals surface area contributed by atoms with Gasteiger partial charge >= 0.3 is 0 Å². The first-order chi connectivity index (χ1) is 20.3. The molecule has 0 aromatic heterocycles. The van der Waals surface area contributed by atoms with E-state index in [-0.39, 0.29) is 90.5 Å². The zero-order valence-electron chi connectivity index (χ0n) is 23.8. The first-order valence-corrected chi connectivity index (χ1v) is 13.4. The molecule has 0 aliphatic carbocycles. The number of carbonyl (C=O) groups is 6. The van der Waals surface area contributed by atoms with Crippen LogP contribution in [-0.4, -0.2) is 150 Å². The monoisotopic (exact) mass is 603 g/mol. The highest BCUT2D eigenvalue weighted by Crippen LogP contribution is 2.02. The molecule has 0 unspecified atom stereocenters. The lowest BCUT2D eigenvalue weighted by Gasteiger charge is -2.22. The summed E-state index contributed by atoms with van der Waals surface area (Å²) < 4.78 is 20.8. The summed E-state index contributed by atoms with van der Waals surface area (Å²) in [4.78, 5) is 78.2. The molecule has 6 amide bonds. The van der Waals surface area contributed by atoms with Gasteiger partial charge in [0.25, 0.3) is 11.8 Å². The number of imide groups is 1. The molecule has 238 valence electrons. The van der Waals surface area contributed by atoms with Gasteiger partial charge in [-0.2, -0.15) is 0 Å². The Kier molecular flexibility index (Phi) is 20.1. The normalized spacial score (nSPS) is 12.5. The van der Waals surface area contributed by atoms with Crippen LogP contribution in [0.5, 0.6) is 0 Å². The van der Waals surface area contributed by atoms with Crippen molar-refractivity contribution in [3.8, 4) is 0 Å². The Labute approximate surface area is 243 Å². The van der Waals surface area contributed by atoms with Crippen molar-refractivity contribution in [2.45, 2.75) is 12.8 Å². The first-order valence-electron chi connectivity index (χ1n) is 13.4. The second-order valence-electron chi connectivity index (χ2n) is 8.62. The van der Waals surface area contributed by atoms with Crippen molar-refractivity contribution >= 4 is 35.4 Å². The van der Waals surface area contributed by atoms with E-state index in [0.717, 1.165) is 9.80 Å². The SMILES string of the molecule is COCCOCCNC(=O)CN(CC(=O)NCCOCCOCCN1C(=O)C=CC1=O)C(=O)CCC(=O)NCCOO. The van der Waals surface area contributed by atoms with Crippen LogP contribution in [0.3, 0.4) is 0 Å². The molecule has 0 aromatic carbocycles. The van der Waals surface area contributed by atoms with E-state index in [0.29, 0.717) is 13.2 Å². The van der Waals surface area contributed by atoms with E-state index >= 15 is 0 Å². The number of hydrogen-bond acceptors (Lipinski definition) is 12. The maximum atomic E-state index is 12.7. The minimum atomic E-state index is -0.577. The highest BCUT2D eigenvalue weighted by atomic mass is 17.1. The third-order valence-corrected chi connectivity index (χ3v) is 5.40. The number of methoxy groups -OCH3 is 1. The maximum absolute atomic E-state index is 12.7. The summed E-state index contributed by atoms with van der Waals surface area (Å²) in [6.45, 7) is 1.34. The van der Waals surface area contributed by atoms with Gasteiger partial charge in [-0.1, -0.05) is 0 Å². The molecule has 1 rings (SSSR count). The van der Waals surface area contributed by atoms with Crippen molar-refractivity contribution in [1.29, 1.82) is 0 Å². The standard InChI is InChI=1S/C25H41N5O12/c1-38-14-15-39-10-6-27-21(32)18-29(23(34)3-2-20(31)26-8-12-42-37)19-22(33)28-7-11-40-16-17-41-13-9-30-24(35)4-5-25(30)36/h4-5,37H,2-3,6-19H2,1H3,(H,26,31)(H,27,32)(H,28,33). The highest BCUT2D eigenvalue weighted by Gasteiger charge is 2.23. The van der Waals surface area contributed by atoms with E-state index < -0.39 is 36.7 Å². The number of hydrogen-bond donors (Lipinski definition) is 4. The highest BCUT2D eigenvalue weighted by molar-refractivity contribution is 6.12. The third-order valence-electron chi connectivity index (χ3n) is 5.40. The van der Waals surface area contributed by atoms with Crippen LogP contribution in [0.15, 0.2) is 12.2 Å². The van der Waals surface area contributed by atoms with Crippen LogP contribution in [-0.2, 0) is 52.6 Å². The van der Waals surface area contributed by atoms with Gasteiger partial charge in [-0.25, -0.2) is 4.89 Å². The fourth-order valence-electron chi connectivity index (χ4n) is 3.29. The lowest BCUT2D eigenvalue weighted by molar-refractivity contribution is -0.240. The van der Waals surface area contributed by atoms with Crippen molar-refractivity contribution < 1.29 is 57.9 Å². The maximum Gasteiger partial charge on any atom is 0.253 e. The smallest absolute Gasteiger partial charge is 0.253 e. The Morgan fingerprint density at radius 3 is 1.76 bits per heavy atom. The van der Waals surface area contributed by atoms with E-state index in [9.17, 15) is 28.8 Å². The van der Waals surface area contributed by atoms with E-state index in [1.165, 1.54) is 19.3 Å². The molecule has 17 nitrogen and oxygen atoms in total. The Balaban J connectivity index is 2.35. The van der Waals surface area contributed by atoms with Crippen LogP contribution in [0.4, 0.5) is 0 Å². The van der Waals surface area contributed by atoms with Gasteiger partial charge in [-0.3, -0.25) is 38.9 Å². The van der Waals surface area contributed by atoms with Crippen LogP contribution in [0.1, 0.15) is 12.8 Å². The first kappa shape index (κ1) is 36.5. The number of amides is 6. The molecule has 0 radical (unpaired) electrons. The van der Waals surface area contributed by atoms with Gasteiger partial charge in [0.1, 0.15) is 13.1 Å². The second-order valence-corrected chi connectivity index (χ2v) is 8.62. The summed E-state index contributed by atoms with van der Waals surface area (Å²) in [7, 11) is 1.54. The van der Waals surface area contributed by atoms with E-state index in [1.54, 1.807) is 0 Å². The molecule has 0 spiro atoms. The van der Waals surface area contributed by atoms with Crippen LogP contribution in [0.2, 0.25) is 0 Å². The average Bonchev–Trinajstić information content (AvgIpc) is 3.28. The fraction of sp³-hybridized carbons (Fsp3) is 0.680. The molecule has 17 heteroatoms. The molecule has 0 aromatic rings. The molecular weight excluding hydrogens is 562 g/mol. The summed E-state index contributed by atoms with van der Waals surface area (Å²) in [5.41, 5.74) is 0. The van der Waals surface area contributed by atoms with Gasteiger partial charge < -0.3 is 39.8 Å². The summed E-state index contributed by atoms with van der Waals surface area (Å²) in [6, 6.07) is 0. The Morgan fingerprint density at radius 1 is 0.714 bits per heavy atom. The zero-order valence-corrected chi connectivity index (χ0v) is 23.8. The molecule has 4 N–H and O–H groups in total. The fourth-order valence-corrected chi connectivity index (χ4v) is 3.29. The lowest BCUT2D eigenvalue weighted by Crippen LogP contribution is -2.46. The molecule has 1 aliphatic heterocycles. The summed E-state index contributed by atoms with van der Waals surface area (Å²) >= 11 is 0. The Morgan fingerprint density at radius 2 is 1.21 bits per heavy atom. The molecule has 0 saturated heterocycles. The molecule has 1 heterocycles. The Bertz CT molecular complexity index is 883. The largest absolute Gasteiger partial charge is 0.382 e. The quantitative estimate of drug-likeness (QED) is 0.0357. The van der Waals surface area contributed by atoms with Crippen LogP contribution >= 0.6 is 0 Å². The van der Waals surface area contributed by atoms with Crippen LogP contribution < -0.4 is 16.0 Å². The summed E-state index contributed by atoms with van der Waals surface area (Å²) in [5, 5.41) is 15.9. The Hall–Kier alpha value is -3.48. The molecule has 0 bridgehead atoms. The van der Waals surface area contributed by atoms with E-state index in [4.69, 9.17) is 24.2 Å². The van der Waals surface area contributed by atoms with Gasteiger partial charge in [0.2, 0.25) is 23.6 Å². The number of nitrogens with zero attached hydrogens (tertiary/aromatic N) is 2. The molecular formula is C25H41N5O12. The minimum Gasteiger partial charge on any atom is -0.382 e.